The molecular formula is C18H20FN5O4. The van der Waals surface area contributed by atoms with Gasteiger partial charge in [0, 0.05) is 31.7 Å². The molecule has 2 fully saturated rings. The van der Waals surface area contributed by atoms with E-state index in [1.807, 2.05) is 0 Å². The highest BCUT2D eigenvalue weighted by atomic mass is 19.1. The van der Waals surface area contributed by atoms with E-state index in [1.165, 1.54) is 6.20 Å². The fourth-order valence-corrected chi connectivity index (χ4v) is 3.33. The summed E-state index contributed by atoms with van der Waals surface area (Å²) in [4.78, 5) is 35.1. The first kappa shape index (κ1) is 18.4. The molecular weight excluding hydrogens is 369 g/mol. The minimum atomic E-state index is -1.33. The number of anilines is 1. The summed E-state index contributed by atoms with van der Waals surface area (Å²) < 4.78 is 16.5. The second-order valence-corrected chi connectivity index (χ2v) is 6.93. The molecule has 2 aliphatic rings. The molecule has 9 nitrogen and oxygen atoms in total. The van der Waals surface area contributed by atoms with Crippen LogP contribution in [0.2, 0.25) is 0 Å². The van der Waals surface area contributed by atoms with Gasteiger partial charge in [-0.25, -0.2) is 14.2 Å². The summed E-state index contributed by atoms with van der Waals surface area (Å²) in [6.07, 6.45) is 3.66. The van der Waals surface area contributed by atoms with Crippen LogP contribution < -0.4 is 16.1 Å². The molecule has 148 valence electrons. The highest BCUT2D eigenvalue weighted by Gasteiger charge is 2.29. The molecule has 2 aromatic heterocycles. The van der Waals surface area contributed by atoms with Crippen LogP contribution >= 0.6 is 0 Å². The Morgan fingerprint density at radius 2 is 2.25 bits per heavy atom. The highest BCUT2D eigenvalue weighted by molar-refractivity contribution is 5.93. The van der Waals surface area contributed by atoms with E-state index in [2.05, 4.69) is 10.1 Å². The lowest BCUT2D eigenvalue weighted by Gasteiger charge is -2.18. The van der Waals surface area contributed by atoms with Crippen LogP contribution in [0.3, 0.4) is 0 Å². The standard InChI is InChI=1S/C18H20FN5O4/c19-14-7-12-15(25)13(18(26)27)9-24(11-1-2-11)16(12)21-17(14)23-5-3-10(8-23)22-28-6-4-20/h7,9,11H,1-6,8,20H2,(H,26,27)/b22-10+. The molecule has 0 radical (unpaired) electrons. The summed E-state index contributed by atoms with van der Waals surface area (Å²) in [5, 5.41) is 13.3. The molecule has 1 aliphatic heterocycles. The van der Waals surface area contributed by atoms with E-state index in [0.29, 0.717) is 38.3 Å². The summed E-state index contributed by atoms with van der Waals surface area (Å²) in [5.41, 5.74) is 5.32. The number of pyridine rings is 2. The number of aromatic carboxylic acids is 1. The normalized spacial score (nSPS) is 18.2. The van der Waals surface area contributed by atoms with Gasteiger partial charge in [0.05, 0.1) is 17.6 Å². The molecule has 4 rings (SSSR count). The zero-order valence-electron chi connectivity index (χ0n) is 15.1. The first-order valence-electron chi connectivity index (χ1n) is 9.11. The smallest absolute Gasteiger partial charge is 0.341 e. The maximum atomic E-state index is 14.8. The first-order chi connectivity index (χ1) is 13.5. The van der Waals surface area contributed by atoms with Crippen molar-refractivity contribution in [3.63, 3.8) is 0 Å². The van der Waals surface area contributed by atoms with Crippen molar-refractivity contribution in [2.45, 2.75) is 25.3 Å². The number of rotatable bonds is 6. The number of nitrogens with two attached hydrogens (primary N) is 1. The number of oxime groups is 1. The third kappa shape index (κ3) is 3.31. The zero-order valence-corrected chi connectivity index (χ0v) is 15.1. The third-order valence-electron chi connectivity index (χ3n) is 4.86. The van der Waals surface area contributed by atoms with Gasteiger partial charge in [-0.3, -0.25) is 4.79 Å². The van der Waals surface area contributed by atoms with Crippen molar-refractivity contribution in [1.82, 2.24) is 9.55 Å². The van der Waals surface area contributed by atoms with Crippen molar-refractivity contribution in [1.29, 1.82) is 0 Å². The maximum Gasteiger partial charge on any atom is 0.341 e. The summed E-state index contributed by atoms with van der Waals surface area (Å²) >= 11 is 0. The summed E-state index contributed by atoms with van der Waals surface area (Å²) in [5.74, 6) is -1.88. The quantitative estimate of drug-likeness (QED) is 0.560. The van der Waals surface area contributed by atoms with E-state index < -0.39 is 17.2 Å². The van der Waals surface area contributed by atoms with Crippen LogP contribution in [0.15, 0.2) is 22.2 Å². The number of fused-ring (bicyclic) bond motifs is 1. The molecule has 0 unspecified atom stereocenters. The molecule has 28 heavy (non-hydrogen) atoms. The number of aromatic nitrogens is 2. The minimum Gasteiger partial charge on any atom is -0.477 e. The Hall–Kier alpha value is -3.01. The molecule has 10 heteroatoms. The predicted molar refractivity (Wildman–Crippen MR) is 100 cm³/mol. The summed E-state index contributed by atoms with van der Waals surface area (Å²) in [6, 6.07) is 1.16. The molecule has 0 amide bonds. The van der Waals surface area contributed by atoms with Crippen LogP contribution in [0.1, 0.15) is 35.7 Å². The Balaban J connectivity index is 1.75. The lowest BCUT2D eigenvalue weighted by Crippen LogP contribution is -2.24. The van der Waals surface area contributed by atoms with Gasteiger partial charge in [-0.05, 0) is 18.9 Å². The van der Waals surface area contributed by atoms with Gasteiger partial charge in [0.1, 0.15) is 17.8 Å². The second-order valence-electron chi connectivity index (χ2n) is 6.93. The Bertz CT molecular complexity index is 1030. The van der Waals surface area contributed by atoms with Gasteiger partial charge in [0.2, 0.25) is 5.43 Å². The van der Waals surface area contributed by atoms with Crippen molar-refractivity contribution >= 4 is 28.5 Å². The van der Waals surface area contributed by atoms with Gasteiger partial charge in [0.25, 0.3) is 0 Å². The fourth-order valence-electron chi connectivity index (χ4n) is 3.33. The first-order valence-corrected chi connectivity index (χ1v) is 9.11. The van der Waals surface area contributed by atoms with Crippen molar-refractivity contribution in [3.05, 3.63) is 33.9 Å². The van der Waals surface area contributed by atoms with E-state index in [4.69, 9.17) is 10.6 Å². The number of carboxylic acids is 1. The number of hydrogen-bond donors (Lipinski definition) is 2. The number of halogens is 1. The topological polar surface area (TPSA) is 123 Å². The van der Waals surface area contributed by atoms with Crippen LogP contribution in [0.5, 0.6) is 0 Å². The molecule has 0 spiro atoms. The summed E-state index contributed by atoms with van der Waals surface area (Å²) in [7, 11) is 0. The molecule has 1 saturated carbocycles. The van der Waals surface area contributed by atoms with Gasteiger partial charge >= 0.3 is 5.97 Å². The zero-order chi connectivity index (χ0) is 19.8. The largest absolute Gasteiger partial charge is 0.477 e. The van der Waals surface area contributed by atoms with Gasteiger partial charge in [-0.1, -0.05) is 5.16 Å². The van der Waals surface area contributed by atoms with Crippen molar-refractivity contribution in [3.8, 4) is 0 Å². The molecule has 0 aromatic carbocycles. The molecule has 0 bridgehead atoms. The van der Waals surface area contributed by atoms with E-state index in [9.17, 15) is 19.1 Å². The van der Waals surface area contributed by atoms with Crippen molar-refractivity contribution < 1.29 is 19.1 Å². The van der Waals surface area contributed by atoms with Crippen molar-refractivity contribution in [2.24, 2.45) is 10.9 Å². The number of nitrogens with zero attached hydrogens (tertiary/aromatic N) is 4. The monoisotopic (exact) mass is 389 g/mol. The van der Waals surface area contributed by atoms with Crippen molar-refractivity contribution in [2.75, 3.05) is 31.1 Å². The molecule has 1 aliphatic carbocycles. The lowest BCUT2D eigenvalue weighted by molar-refractivity contribution is 0.0695. The molecule has 3 N–H and O–H groups in total. The van der Waals surface area contributed by atoms with Gasteiger partial charge in [0.15, 0.2) is 11.6 Å². The molecule has 0 atom stereocenters. The van der Waals surface area contributed by atoms with Crippen LogP contribution in [-0.2, 0) is 4.84 Å². The number of carbonyl (C=O) groups is 1. The van der Waals surface area contributed by atoms with Crippen LogP contribution in [0, 0.1) is 5.82 Å². The minimum absolute atomic E-state index is 0.0209. The van der Waals surface area contributed by atoms with E-state index >= 15 is 0 Å². The van der Waals surface area contributed by atoms with Gasteiger partial charge < -0.3 is 25.1 Å². The fraction of sp³-hybridized carbons (Fsp3) is 0.444. The maximum absolute atomic E-state index is 14.8. The Morgan fingerprint density at radius 3 is 2.93 bits per heavy atom. The Kier molecular flexibility index (Phi) is 4.71. The Morgan fingerprint density at radius 1 is 1.46 bits per heavy atom. The van der Waals surface area contributed by atoms with Gasteiger partial charge in [-0.2, -0.15) is 0 Å². The number of hydrogen-bond acceptors (Lipinski definition) is 7. The number of carboxylic acid groups (broad SMARTS) is 1. The van der Waals surface area contributed by atoms with Crippen LogP contribution in [-0.4, -0.2) is 52.6 Å². The Labute approximate surface area is 159 Å². The van der Waals surface area contributed by atoms with E-state index in [-0.39, 0.29) is 22.8 Å². The summed E-state index contributed by atoms with van der Waals surface area (Å²) in [6.45, 7) is 1.55. The van der Waals surface area contributed by atoms with E-state index in [1.54, 1.807) is 9.47 Å². The average Bonchev–Trinajstić information content (AvgIpc) is 3.40. The molecule has 3 heterocycles. The van der Waals surface area contributed by atoms with Crippen LogP contribution in [0.25, 0.3) is 11.0 Å². The SMILES string of the molecule is NCCO/N=C1\CCN(c2nc3c(cc2F)c(=O)c(C(=O)O)cn3C2CC2)C1. The lowest BCUT2D eigenvalue weighted by atomic mass is 10.2. The molecule has 2 aromatic rings. The second kappa shape index (κ2) is 7.19. The van der Waals surface area contributed by atoms with Crippen LogP contribution in [0.4, 0.5) is 10.2 Å². The predicted octanol–water partition coefficient (Wildman–Crippen LogP) is 1.11. The average molecular weight is 389 g/mol. The van der Waals surface area contributed by atoms with E-state index in [0.717, 1.165) is 24.6 Å². The highest BCUT2D eigenvalue weighted by Crippen LogP contribution is 2.37. The third-order valence-corrected chi connectivity index (χ3v) is 4.86. The molecule has 1 saturated heterocycles. The van der Waals surface area contributed by atoms with Gasteiger partial charge in [-0.15, -0.1) is 0 Å².